The van der Waals surface area contributed by atoms with Crippen molar-refractivity contribution in [2.75, 3.05) is 13.7 Å². The Balaban J connectivity index is 2.46. The van der Waals surface area contributed by atoms with Crippen LogP contribution in [0.25, 0.3) is 11.3 Å². The van der Waals surface area contributed by atoms with Crippen molar-refractivity contribution < 1.29 is 9.13 Å². The molecule has 4 nitrogen and oxygen atoms in total. The Bertz CT molecular complexity index is 650. The number of methoxy groups -OCH3 is 1. The van der Waals surface area contributed by atoms with E-state index >= 15 is 0 Å². The third-order valence-electron chi connectivity index (χ3n) is 3.34. The van der Waals surface area contributed by atoms with Gasteiger partial charge < -0.3 is 15.0 Å². The molecule has 5 heteroatoms. The van der Waals surface area contributed by atoms with Crippen LogP contribution in [-0.4, -0.2) is 18.3 Å². The van der Waals surface area contributed by atoms with E-state index in [2.05, 4.69) is 0 Å². The van der Waals surface area contributed by atoms with E-state index in [1.165, 1.54) is 12.1 Å². The quantitative estimate of drug-likeness (QED) is 0.829. The molecule has 2 rings (SSSR count). The summed E-state index contributed by atoms with van der Waals surface area (Å²) in [5.74, 6) is -0.300. The number of hydrogen-bond donors (Lipinski definition) is 1. The molecule has 0 aliphatic heterocycles. The molecule has 0 aliphatic rings. The molecule has 0 bridgehead atoms. The highest BCUT2D eigenvalue weighted by Crippen LogP contribution is 2.19. The van der Waals surface area contributed by atoms with Crippen LogP contribution in [0, 0.1) is 5.82 Å². The molecule has 0 saturated carbocycles. The van der Waals surface area contributed by atoms with Crippen molar-refractivity contribution >= 4 is 0 Å². The zero-order valence-corrected chi connectivity index (χ0v) is 12.0. The van der Waals surface area contributed by atoms with Gasteiger partial charge in [-0.25, -0.2) is 4.39 Å². The molecule has 0 aliphatic carbocycles. The number of halogens is 1. The van der Waals surface area contributed by atoms with Crippen molar-refractivity contribution in [1.29, 1.82) is 0 Å². The molecular weight excluding hydrogens is 271 g/mol. The van der Waals surface area contributed by atoms with Gasteiger partial charge in [0.1, 0.15) is 5.82 Å². The summed E-state index contributed by atoms with van der Waals surface area (Å²) in [5.41, 5.74) is 7.62. The Morgan fingerprint density at radius 3 is 2.52 bits per heavy atom. The molecule has 0 fully saturated rings. The molecule has 0 amide bonds. The van der Waals surface area contributed by atoms with E-state index in [1.54, 1.807) is 29.9 Å². The number of aromatic nitrogens is 1. The molecule has 1 aromatic heterocycles. The molecule has 0 unspecified atom stereocenters. The minimum absolute atomic E-state index is 0.101. The highest BCUT2D eigenvalue weighted by Gasteiger charge is 2.10. The normalized spacial score (nSPS) is 10.8. The van der Waals surface area contributed by atoms with Crippen LogP contribution >= 0.6 is 0 Å². The van der Waals surface area contributed by atoms with Gasteiger partial charge in [0.15, 0.2) is 0 Å². The summed E-state index contributed by atoms with van der Waals surface area (Å²) in [6.07, 6.45) is 0.721. The molecule has 112 valence electrons. The van der Waals surface area contributed by atoms with Crippen molar-refractivity contribution in [3.05, 3.63) is 58.1 Å². The zero-order chi connectivity index (χ0) is 15.2. The van der Waals surface area contributed by atoms with Gasteiger partial charge in [-0.1, -0.05) is 6.07 Å². The third kappa shape index (κ3) is 3.56. The molecule has 0 radical (unpaired) electrons. The Hall–Kier alpha value is -1.98. The maximum Gasteiger partial charge on any atom is 0.255 e. The lowest BCUT2D eigenvalue weighted by atomic mass is 10.1. The van der Waals surface area contributed by atoms with Crippen LogP contribution in [-0.2, 0) is 17.8 Å². The van der Waals surface area contributed by atoms with E-state index in [-0.39, 0.29) is 17.9 Å². The molecule has 2 aromatic rings. The van der Waals surface area contributed by atoms with Crippen molar-refractivity contribution in [2.45, 2.75) is 19.5 Å². The number of benzene rings is 1. The molecule has 1 heterocycles. The van der Waals surface area contributed by atoms with Crippen LogP contribution in [0.15, 0.2) is 41.2 Å². The Morgan fingerprint density at radius 1 is 1.19 bits per heavy atom. The average Bonchev–Trinajstić information content (AvgIpc) is 2.50. The van der Waals surface area contributed by atoms with E-state index in [0.29, 0.717) is 18.7 Å². The second kappa shape index (κ2) is 7.15. The maximum absolute atomic E-state index is 13.0. The van der Waals surface area contributed by atoms with Crippen LogP contribution in [0.2, 0.25) is 0 Å². The lowest BCUT2D eigenvalue weighted by Gasteiger charge is -2.14. The molecule has 0 spiro atoms. The second-order valence-electron chi connectivity index (χ2n) is 4.76. The standard InChI is InChI=1S/C16H19FN2O2/c1-21-10-2-9-19-15(8-5-13(11-18)16(19)20)12-3-6-14(17)7-4-12/h3-8H,2,9-11,18H2,1H3. The van der Waals surface area contributed by atoms with Crippen LogP contribution in [0.4, 0.5) is 4.39 Å². The summed E-state index contributed by atoms with van der Waals surface area (Å²) in [6, 6.07) is 9.68. The van der Waals surface area contributed by atoms with Crippen molar-refractivity contribution in [1.82, 2.24) is 4.57 Å². The van der Waals surface area contributed by atoms with Crippen molar-refractivity contribution in [2.24, 2.45) is 5.73 Å². The predicted octanol–water partition coefficient (Wildman–Crippen LogP) is 2.15. The van der Waals surface area contributed by atoms with Crippen LogP contribution < -0.4 is 11.3 Å². The first-order valence-electron chi connectivity index (χ1n) is 6.85. The summed E-state index contributed by atoms with van der Waals surface area (Å²) in [6.45, 7) is 1.31. The lowest BCUT2D eigenvalue weighted by molar-refractivity contribution is 0.190. The van der Waals surface area contributed by atoms with E-state index in [4.69, 9.17) is 10.5 Å². The van der Waals surface area contributed by atoms with Gasteiger partial charge in [0.25, 0.3) is 5.56 Å². The Kier molecular flexibility index (Phi) is 5.25. The molecule has 1 aromatic carbocycles. The van der Waals surface area contributed by atoms with Gasteiger partial charge in [-0.2, -0.15) is 0 Å². The fourth-order valence-corrected chi connectivity index (χ4v) is 2.24. The fourth-order valence-electron chi connectivity index (χ4n) is 2.24. The number of nitrogens with zero attached hydrogens (tertiary/aromatic N) is 1. The molecule has 0 atom stereocenters. The topological polar surface area (TPSA) is 57.2 Å². The predicted molar refractivity (Wildman–Crippen MR) is 80.5 cm³/mol. The van der Waals surface area contributed by atoms with Crippen LogP contribution in [0.1, 0.15) is 12.0 Å². The maximum atomic E-state index is 13.0. The van der Waals surface area contributed by atoms with Gasteiger partial charge in [0, 0.05) is 32.4 Å². The molecular formula is C16H19FN2O2. The van der Waals surface area contributed by atoms with Crippen molar-refractivity contribution in [3.8, 4) is 11.3 Å². The summed E-state index contributed by atoms with van der Waals surface area (Å²) < 4.78 is 19.8. The minimum atomic E-state index is -0.300. The first kappa shape index (κ1) is 15.4. The highest BCUT2D eigenvalue weighted by molar-refractivity contribution is 5.59. The number of hydrogen-bond acceptors (Lipinski definition) is 3. The smallest absolute Gasteiger partial charge is 0.255 e. The highest BCUT2D eigenvalue weighted by atomic mass is 19.1. The summed E-state index contributed by atoms with van der Waals surface area (Å²) >= 11 is 0. The lowest BCUT2D eigenvalue weighted by Crippen LogP contribution is -2.27. The molecule has 2 N–H and O–H groups in total. The third-order valence-corrected chi connectivity index (χ3v) is 3.34. The molecule has 0 saturated heterocycles. The van der Waals surface area contributed by atoms with Gasteiger partial charge in [-0.3, -0.25) is 4.79 Å². The summed E-state index contributed by atoms with van der Waals surface area (Å²) in [4.78, 5) is 12.4. The van der Waals surface area contributed by atoms with E-state index in [1.807, 2.05) is 6.07 Å². The number of rotatable bonds is 6. The fraction of sp³-hybridized carbons (Fsp3) is 0.312. The number of nitrogens with two attached hydrogens (primary N) is 1. The molecule has 21 heavy (non-hydrogen) atoms. The van der Waals surface area contributed by atoms with E-state index in [0.717, 1.165) is 17.7 Å². The number of pyridine rings is 1. The van der Waals surface area contributed by atoms with Gasteiger partial charge >= 0.3 is 0 Å². The SMILES string of the molecule is COCCCn1c(-c2ccc(F)cc2)ccc(CN)c1=O. The van der Waals surface area contributed by atoms with Gasteiger partial charge in [-0.15, -0.1) is 0 Å². The minimum Gasteiger partial charge on any atom is -0.385 e. The second-order valence-corrected chi connectivity index (χ2v) is 4.76. The Labute approximate surface area is 123 Å². The first-order valence-corrected chi connectivity index (χ1v) is 6.85. The van der Waals surface area contributed by atoms with Crippen LogP contribution in [0.5, 0.6) is 0 Å². The first-order chi connectivity index (χ1) is 10.2. The Morgan fingerprint density at radius 2 is 1.90 bits per heavy atom. The van der Waals surface area contributed by atoms with E-state index < -0.39 is 0 Å². The monoisotopic (exact) mass is 290 g/mol. The number of ether oxygens (including phenoxy) is 1. The van der Waals surface area contributed by atoms with Gasteiger partial charge in [0.2, 0.25) is 0 Å². The summed E-state index contributed by atoms with van der Waals surface area (Å²) in [5, 5.41) is 0. The van der Waals surface area contributed by atoms with Gasteiger partial charge in [-0.05, 0) is 42.3 Å². The zero-order valence-electron chi connectivity index (χ0n) is 12.0. The van der Waals surface area contributed by atoms with E-state index in [9.17, 15) is 9.18 Å². The summed E-state index contributed by atoms with van der Waals surface area (Å²) in [7, 11) is 1.62. The van der Waals surface area contributed by atoms with Gasteiger partial charge in [0.05, 0.1) is 5.69 Å². The average molecular weight is 290 g/mol. The largest absolute Gasteiger partial charge is 0.385 e. The van der Waals surface area contributed by atoms with Crippen molar-refractivity contribution in [3.63, 3.8) is 0 Å². The van der Waals surface area contributed by atoms with Crippen LogP contribution in [0.3, 0.4) is 0 Å².